The topological polar surface area (TPSA) is 415 Å². The number of aliphatic imine (C=N–C) groups is 4. The summed E-state index contributed by atoms with van der Waals surface area (Å²) in [5.41, 5.74) is 10.8. The number of thioether (sulfide) groups is 4. The van der Waals surface area contributed by atoms with E-state index >= 15 is 8.78 Å². The Balaban J connectivity index is 0.000000159. The zero-order chi connectivity index (χ0) is 94.7. The number of esters is 3. The molecule has 4 aromatic carbocycles. The van der Waals surface area contributed by atoms with Gasteiger partial charge in [-0.25, -0.2) is 37.5 Å². The number of ether oxygens (including phenoxy) is 7. The van der Waals surface area contributed by atoms with Crippen LogP contribution >= 0.6 is 47.0 Å². The summed E-state index contributed by atoms with van der Waals surface area (Å²) in [6, 6.07) is 32.4. The molecule has 0 unspecified atom stereocenters. The summed E-state index contributed by atoms with van der Waals surface area (Å²) < 4.78 is 100. The molecule has 131 heavy (non-hydrogen) atoms. The maximum Gasteiger partial charge on any atom is 0.312 e. The van der Waals surface area contributed by atoms with Crippen molar-refractivity contribution in [3.8, 4) is 18.2 Å². The van der Waals surface area contributed by atoms with Crippen LogP contribution in [0.2, 0.25) is 0 Å². The number of carbonyl (C=O) groups is 6. The first kappa shape index (κ1) is 98.9. The van der Waals surface area contributed by atoms with Crippen molar-refractivity contribution < 1.29 is 79.5 Å². The number of nitrogen functional groups attached to an aromatic ring is 1. The fourth-order valence-electron chi connectivity index (χ4n) is 17.4. The lowest BCUT2D eigenvalue weighted by molar-refractivity contribution is -0.154. The van der Waals surface area contributed by atoms with Gasteiger partial charge in [0.1, 0.15) is 97.5 Å². The number of hydrogen-bond acceptors (Lipinski definition) is 29. The fraction of sp³-hybridized carbons (Fsp3) is 0.453. The van der Waals surface area contributed by atoms with E-state index in [0.29, 0.717) is 121 Å². The second-order valence-electron chi connectivity index (χ2n) is 35.9. The number of carbonyl (C=O) groups excluding carboxylic acids is 6. The van der Waals surface area contributed by atoms with Gasteiger partial charge in [0.2, 0.25) is 0 Å². The molecule has 11 heterocycles. The van der Waals surface area contributed by atoms with Crippen LogP contribution in [0.15, 0.2) is 148 Å². The van der Waals surface area contributed by atoms with Gasteiger partial charge >= 0.3 is 17.9 Å². The average Bonchev–Trinajstić information content (AvgIpc) is 0.751. The molecule has 4 fully saturated rings. The van der Waals surface area contributed by atoms with Crippen molar-refractivity contribution in [1.29, 1.82) is 15.8 Å². The summed E-state index contributed by atoms with van der Waals surface area (Å²) in [6.07, 6.45) is 6.91. The molecule has 0 saturated carbocycles. The standard InChI is InChI=1S/2C27H29FN4O4S.C21H20FN5O2S.C20H27FN2O3S/c2*1-16-19-9-10-35-15-27(19,32-23(37-16)12-24(33)36-26(2,3)4)20-11-18(6-7-21(20)28)31-25(34)22-8-5-17(13-29)14-30-22;1-12-15-6-7-29-11-21(15,27-20(24)30-12)16-8-14(3-4-17(16)22)26-19(28)18-5-2-13(9-23)10-25-18;1-12-14-7-8-25-11-20(14,15-9-13(22)5-6-16(15)21)23-17(27-12)10-18(24)26-19(2,3)4/h2*5-8,11,14,16,19H,9-10,12,15H2,1-4H3,(H,31,34);2-5,8,10,12,15H,6-7,11H2,1H3,(H2,24,27)(H,26,28);5-6,9,12,14H,7-8,10-11,22H2,1-4H3/t2*16-,19+,27+;12-,15+,21+;12-,14+,20+/m1111/s1. The third kappa shape index (κ3) is 24.0. The van der Waals surface area contributed by atoms with Crippen LogP contribution in [-0.2, 0) is 69.7 Å². The Kier molecular flexibility index (Phi) is 31.5. The third-order valence-electron chi connectivity index (χ3n) is 22.9. The molecule has 8 aliphatic heterocycles. The van der Waals surface area contributed by atoms with Crippen molar-refractivity contribution in [2.75, 3.05) is 74.5 Å². The molecule has 12 atom stereocenters. The highest BCUT2D eigenvalue weighted by Gasteiger charge is 2.55. The highest BCUT2D eigenvalue weighted by Crippen LogP contribution is 2.55. The number of anilines is 4. The molecule has 0 spiro atoms. The van der Waals surface area contributed by atoms with Gasteiger partial charge in [-0.2, -0.15) is 15.8 Å². The van der Waals surface area contributed by atoms with E-state index in [1.165, 1.54) is 133 Å². The number of amidine groups is 1. The van der Waals surface area contributed by atoms with Crippen LogP contribution in [0.1, 0.15) is 205 Å². The monoisotopic (exact) mass is 1870 g/mol. The molecule has 3 amide bonds. The highest BCUT2D eigenvalue weighted by molar-refractivity contribution is 8.15. The summed E-state index contributed by atoms with van der Waals surface area (Å²) in [4.78, 5) is 107. The number of rotatable bonds is 16. The number of nitrogens with one attached hydrogen (secondary N) is 3. The maximum atomic E-state index is 15.4. The summed E-state index contributed by atoms with van der Waals surface area (Å²) in [6.45, 7) is 27.7. The molecule has 0 radical (unpaired) electrons. The first-order valence-electron chi connectivity index (χ1n) is 42.8. The number of benzene rings is 4. The average molecular weight is 1870 g/mol. The zero-order valence-electron chi connectivity index (χ0n) is 74.9. The van der Waals surface area contributed by atoms with Crippen molar-refractivity contribution in [1.82, 2.24) is 15.0 Å². The Bertz CT molecular complexity index is 5520. The molecule has 0 aliphatic carbocycles. The molecule has 36 heteroatoms. The van der Waals surface area contributed by atoms with E-state index in [2.05, 4.69) is 63.6 Å². The lowest BCUT2D eigenvalue weighted by atomic mass is 9.74. The normalized spacial score (nSPS) is 24.8. The van der Waals surface area contributed by atoms with Gasteiger partial charge in [-0.15, -0.1) is 35.3 Å². The van der Waals surface area contributed by atoms with Crippen LogP contribution in [0.5, 0.6) is 0 Å². The van der Waals surface area contributed by atoms with E-state index in [0.717, 1.165) is 12.8 Å². The van der Waals surface area contributed by atoms with Gasteiger partial charge in [-0.1, -0.05) is 39.5 Å². The summed E-state index contributed by atoms with van der Waals surface area (Å²) in [5, 5.41) is 37.6. The van der Waals surface area contributed by atoms with Crippen LogP contribution in [0, 0.1) is 80.9 Å². The van der Waals surface area contributed by atoms with E-state index < -0.39 is 86.1 Å². The minimum absolute atomic E-state index is 0.0108. The maximum absolute atomic E-state index is 15.4. The molecule has 4 saturated heterocycles. The fourth-order valence-corrected chi connectivity index (χ4v) is 22.6. The minimum atomic E-state index is -1.04. The quantitative estimate of drug-likeness (QED) is 0.0260. The predicted molar refractivity (Wildman–Crippen MR) is 497 cm³/mol. The largest absolute Gasteiger partial charge is 0.460 e. The van der Waals surface area contributed by atoms with Crippen molar-refractivity contribution >= 4 is 126 Å². The van der Waals surface area contributed by atoms with E-state index in [9.17, 15) is 37.5 Å². The number of pyridine rings is 3. The highest BCUT2D eigenvalue weighted by atomic mass is 32.2. The van der Waals surface area contributed by atoms with Gasteiger partial charge in [0.25, 0.3) is 17.7 Å². The van der Waals surface area contributed by atoms with Crippen LogP contribution in [-0.4, -0.2) is 162 Å². The molecule has 7 N–H and O–H groups in total. The van der Waals surface area contributed by atoms with Gasteiger partial charge < -0.3 is 60.6 Å². The number of nitriles is 3. The molecule has 690 valence electrons. The van der Waals surface area contributed by atoms with Gasteiger partial charge in [0, 0.05) is 135 Å². The number of aromatic nitrogens is 3. The van der Waals surface area contributed by atoms with Crippen molar-refractivity contribution in [3.63, 3.8) is 0 Å². The van der Waals surface area contributed by atoms with Crippen LogP contribution < -0.4 is 27.4 Å². The number of hydrogen-bond donors (Lipinski definition) is 5. The van der Waals surface area contributed by atoms with Gasteiger partial charge in [0.05, 0.1) is 77.5 Å². The molecular weight excluding hydrogens is 1760 g/mol. The lowest BCUT2D eigenvalue weighted by Crippen LogP contribution is -2.50. The van der Waals surface area contributed by atoms with E-state index in [1.54, 1.807) is 83.6 Å². The Morgan fingerprint density at radius 2 is 0.672 bits per heavy atom. The van der Waals surface area contributed by atoms with E-state index in [-0.39, 0.29) is 119 Å². The Morgan fingerprint density at radius 1 is 0.405 bits per heavy atom. The molecule has 3 aromatic heterocycles. The summed E-state index contributed by atoms with van der Waals surface area (Å²) in [7, 11) is 0. The molecular formula is C95H105F4N15O13S4. The summed E-state index contributed by atoms with van der Waals surface area (Å²) >= 11 is 6.08. The van der Waals surface area contributed by atoms with Crippen molar-refractivity contribution in [3.05, 3.63) is 207 Å². The molecule has 28 nitrogen and oxygen atoms in total. The Hall–Kier alpha value is -11.1. The van der Waals surface area contributed by atoms with Crippen LogP contribution in [0.3, 0.4) is 0 Å². The SMILES string of the molecule is C[C@H]1SC(CC(=O)OC(C)(C)C)=N[C@@]2(c3cc(N)ccc3F)COCC[C@@H]12.C[C@H]1SC(CC(=O)OC(C)(C)C)=N[C@@]2(c3cc(NC(=O)c4ccc(C#N)cn4)ccc3F)COCC[C@@H]12.C[C@H]1SC(CC(=O)OC(C)(C)C)=N[C@@]2(c3cc(NC(=O)c4ccc(C#N)cn4)ccc3F)COCC[C@@H]12.C[C@H]1SC(N)=N[C@@]2(c3cc(NC(=O)c4ccc(C#N)cn4)ccc3F)COCC[C@@H]12. The van der Waals surface area contributed by atoms with Crippen LogP contribution in [0.4, 0.5) is 40.3 Å². The van der Waals surface area contributed by atoms with Gasteiger partial charge in [0.15, 0.2) is 5.17 Å². The molecule has 0 bridgehead atoms. The van der Waals surface area contributed by atoms with Crippen molar-refractivity contribution in [2.24, 2.45) is 49.4 Å². The second-order valence-corrected chi connectivity index (χ2v) is 41.6. The lowest BCUT2D eigenvalue weighted by Gasteiger charge is -2.47. The zero-order valence-corrected chi connectivity index (χ0v) is 78.2. The number of nitrogens with two attached hydrogens (primary N) is 2. The first-order valence-corrected chi connectivity index (χ1v) is 46.3. The van der Waals surface area contributed by atoms with Gasteiger partial charge in [-0.05, 0) is 197 Å². The van der Waals surface area contributed by atoms with E-state index in [4.69, 9.17) is 75.4 Å². The smallest absolute Gasteiger partial charge is 0.312 e. The van der Waals surface area contributed by atoms with Crippen molar-refractivity contribution in [2.45, 2.75) is 195 Å². The molecule has 7 aromatic rings. The summed E-state index contributed by atoms with van der Waals surface area (Å²) in [5.74, 6) is -4.16. The number of fused-ring (bicyclic) bond motifs is 4. The Labute approximate surface area is 775 Å². The third-order valence-corrected chi connectivity index (χ3v) is 27.6. The predicted octanol–water partition coefficient (Wildman–Crippen LogP) is 16.6. The minimum Gasteiger partial charge on any atom is -0.460 e. The second kappa shape index (κ2) is 41.8. The number of amides is 3. The van der Waals surface area contributed by atoms with Gasteiger partial charge in [-0.3, -0.25) is 43.7 Å². The first-order chi connectivity index (χ1) is 62.0. The number of nitrogens with zero attached hydrogens (tertiary/aromatic N) is 10. The molecule has 15 rings (SSSR count). The number of halogens is 4. The molecule has 8 aliphatic rings. The Morgan fingerprint density at radius 3 is 0.939 bits per heavy atom. The van der Waals surface area contributed by atoms with Crippen LogP contribution in [0.25, 0.3) is 0 Å². The van der Waals surface area contributed by atoms with E-state index in [1.807, 2.05) is 39.0 Å².